The number of benzene rings is 1. The Hall–Kier alpha value is -2.22. The highest BCUT2D eigenvalue weighted by molar-refractivity contribution is 5.80. The summed E-state index contributed by atoms with van der Waals surface area (Å²) in [5.74, 6) is -0.283. The molecule has 1 unspecified atom stereocenters. The lowest BCUT2D eigenvalue weighted by atomic mass is 10.0. The van der Waals surface area contributed by atoms with E-state index in [1.807, 2.05) is 0 Å². The Bertz CT molecular complexity index is 613. The fraction of sp³-hybridized carbons (Fsp3) is 0.556. The quantitative estimate of drug-likeness (QED) is 0.730. The van der Waals surface area contributed by atoms with E-state index < -0.39 is 6.61 Å². The molecule has 0 radical (unpaired) electrons. The van der Waals surface area contributed by atoms with E-state index in [1.165, 1.54) is 6.07 Å². The minimum Gasteiger partial charge on any atom is -0.435 e. The van der Waals surface area contributed by atoms with Gasteiger partial charge in [-0.1, -0.05) is 18.2 Å². The number of hydrogen-bond acceptors (Lipinski definition) is 4. The van der Waals surface area contributed by atoms with Gasteiger partial charge in [0.1, 0.15) is 5.75 Å². The van der Waals surface area contributed by atoms with Crippen molar-refractivity contribution < 1.29 is 23.1 Å². The van der Waals surface area contributed by atoms with Crippen LogP contribution in [0.1, 0.15) is 31.2 Å². The maximum absolute atomic E-state index is 12.7. The molecule has 0 aliphatic carbocycles. The Balaban J connectivity index is 2.01. The van der Waals surface area contributed by atoms with E-state index in [9.17, 15) is 18.4 Å². The van der Waals surface area contributed by atoms with Crippen molar-refractivity contribution >= 4 is 11.8 Å². The molecule has 8 heteroatoms. The predicted octanol–water partition coefficient (Wildman–Crippen LogP) is 1.68. The van der Waals surface area contributed by atoms with Crippen LogP contribution in [0.25, 0.3) is 0 Å². The number of carbonyl (C=O) groups is 2. The summed E-state index contributed by atoms with van der Waals surface area (Å²) in [7, 11) is 0. The summed E-state index contributed by atoms with van der Waals surface area (Å²) < 4.78 is 29.5. The molecule has 1 saturated heterocycles. The standard InChI is InChI=1S/C18H25F2N3O3/c19-18(20)26-15-7-2-1-5-13(15)11-17(25)23-10-4-3-6-14(23)12-22-16(24)8-9-21/h1-2,5,7,14,18H,3-4,6,8-12,21H2,(H,22,24). The third kappa shape index (κ3) is 5.94. The van der Waals surface area contributed by atoms with Gasteiger partial charge in [0.2, 0.25) is 11.8 Å². The first-order valence-corrected chi connectivity index (χ1v) is 8.80. The van der Waals surface area contributed by atoms with E-state index in [2.05, 4.69) is 10.1 Å². The molecule has 1 aliphatic rings. The Morgan fingerprint density at radius 3 is 2.81 bits per heavy atom. The topological polar surface area (TPSA) is 84.7 Å². The number of likely N-dealkylation sites (tertiary alicyclic amines) is 1. The van der Waals surface area contributed by atoms with Crippen LogP contribution >= 0.6 is 0 Å². The second kappa shape index (κ2) is 10.1. The molecule has 1 fully saturated rings. The monoisotopic (exact) mass is 369 g/mol. The molecule has 0 bridgehead atoms. The number of amides is 2. The SMILES string of the molecule is NCCC(=O)NCC1CCCCN1C(=O)Cc1ccccc1OC(F)F. The summed E-state index contributed by atoms with van der Waals surface area (Å²) in [6, 6.07) is 6.21. The van der Waals surface area contributed by atoms with Crippen molar-refractivity contribution in [3.63, 3.8) is 0 Å². The molecule has 2 rings (SSSR count). The summed E-state index contributed by atoms with van der Waals surface area (Å²) in [6.07, 6.45) is 2.89. The number of nitrogens with two attached hydrogens (primary N) is 1. The van der Waals surface area contributed by atoms with Gasteiger partial charge in [-0.15, -0.1) is 0 Å². The predicted molar refractivity (Wildman–Crippen MR) is 92.8 cm³/mol. The molecule has 1 atom stereocenters. The smallest absolute Gasteiger partial charge is 0.387 e. The third-order valence-corrected chi connectivity index (χ3v) is 4.38. The number of nitrogens with zero attached hydrogens (tertiary/aromatic N) is 1. The lowest BCUT2D eigenvalue weighted by molar-refractivity contribution is -0.134. The zero-order valence-corrected chi connectivity index (χ0v) is 14.6. The largest absolute Gasteiger partial charge is 0.435 e. The van der Waals surface area contributed by atoms with Gasteiger partial charge in [0.15, 0.2) is 0 Å². The molecular weight excluding hydrogens is 344 g/mol. The third-order valence-electron chi connectivity index (χ3n) is 4.38. The fourth-order valence-electron chi connectivity index (χ4n) is 3.12. The van der Waals surface area contributed by atoms with Gasteiger partial charge in [0, 0.05) is 37.7 Å². The van der Waals surface area contributed by atoms with Crippen LogP contribution in [0.15, 0.2) is 24.3 Å². The highest BCUT2D eigenvalue weighted by atomic mass is 19.3. The van der Waals surface area contributed by atoms with Crippen LogP contribution < -0.4 is 15.8 Å². The average Bonchev–Trinajstić information content (AvgIpc) is 2.61. The van der Waals surface area contributed by atoms with Crippen LogP contribution in [0.3, 0.4) is 0 Å². The van der Waals surface area contributed by atoms with Gasteiger partial charge < -0.3 is 20.7 Å². The number of halogens is 2. The first-order chi connectivity index (χ1) is 12.5. The fourth-order valence-corrected chi connectivity index (χ4v) is 3.12. The van der Waals surface area contributed by atoms with Crippen LogP contribution in [-0.2, 0) is 16.0 Å². The number of piperidine rings is 1. The Kier molecular flexibility index (Phi) is 7.77. The van der Waals surface area contributed by atoms with Crippen LogP contribution in [0.5, 0.6) is 5.75 Å². The van der Waals surface area contributed by atoms with Gasteiger partial charge in [0.25, 0.3) is 0 Å². The summed E-state index contributed by atoms with van der Waals surface area (Å²) in [4.78, 5) is 26.1. The molecule has 1 heterocycles. The Morgan fingerprint density at radius 1 is 1.31 bits per heavy atom. The zero-order chi connectivity index (χ0) is 18.9. The Labute approximate surface area is 151 Å². The number of alkyl halides is 2. The van der Waals surface area contributed by atoms with Gasteiger partial charge >= 0.3 is 6.61 Å². The van der Waals surface area contributed by atoms with Gasteiger partial charge in [-0.05, 0) is 25.3 Å². The molecule has 26 heavy (non-hydrogen) atoms. The molecule has 1 aromatic carbocycles. The maximum Gasteiger partial charge on any atom is 0.387 e. The second-order valence-electron chi connectivity index (χ2n) is 6.24. The second-order valence-corrected chi connectivity index (χ2v) is 6.24. The molecule has 0 aromatic heterocycles. The van der Waals surface area contributed by atoms with Crippen molar-refractivity contribution in [2.24, 2.45) is 5.73 Å². The summed E-state index contributed by atoms with van der Waals surface area (Å²) in [5.41, 5.74) is 5.78. The lowest BCUT2D eigenvalue weighted by Gasteiger charge is -2.36. The number of rotatable bonds is 8. The average molecular weight is 369 g/mol. The van der Waals surface area contributed by atoms with Crippen molar-refractivity contribution in [3.8, 4) is 5.75 Å². The van der Waals surface area contributed by atoms with E-state index in [4.69, 9.17) is 5.73 Å². The minimum absolute atomic E-state index is 0.0145. The van der Waals surface area contributed by atoms with Crippen LogP contribution in [-0.4, -0.2) is 49.0 Å². The van der Waals surface area contributed by atoms with E-state index in [0.29, 0.717) is 18.7 Å². The van der Waals surface area contributed by atoms with Gasteiger partial charge in [-0.3, -0.25) is 9.59 Å². The molecule has 0 spiro atoms. The van der Waals surface area contributed by atoms with Crippen LogP contribution in [0.2, 0.25) is 0 Å². The van der Waals surface area contributed by atoms with Crippen LogP contribution in [0.4, 0.5) is 8.78 Å². The molecule has 0 saturated carbocycles. The van der Waals surface area contributed by atoms with Gasteiger partial charge in [0.05, 0.1) is 6.42 Å². The minimum atomic E-state index is -2.94. The van der Waals surface area contributed by atoms with E-state index in [0.717, 1.165) is 19.3 Å². The van der Waals surface area contributed by atoms with Crippen molar-refractivity contribution in [3.05, 3.63) is 29.8 Å². The number of carbonyl (C=O) groups excluding carboxylic acids is 2. The van der Waals surface area contributed by atoms with Crippen molar-refractivity contribution in [2.45, 2.75) is 44.8 Å². The highest BCUT2D eigenvalue weighted by Gasteiger charge is 2.27. The lowest BCUT2D eigenvalue weighted by Crippen LogP contribution is -2.50. The summed E-state index contributed by atoms with van der Waals surface area (Å²) >= 11 is 0. The molecule has 1 aromatic rings. The first-order valence-electron chi connectivity index (χ1n) is 8.80. The zero-order valence-electron chi connectivity index (χ0n) is 14.6. The van der Waals surface area contributed by atoms with Gasteiger partial charge in [-0.2, -0.15) is 8.78 Å². The molecule has 3 N–H and O–H groups in total. The van der Waals surface area contributed by atoms with E-state index in [-0.39, 0.29) is 43.0 Å². The highest BCUT2D eigenvalue weighted by Crippen LogP contribution is 2.23. The van der Waals surface area contributed by atoms with Crippen molar-refractivity contribution in [1.82, 2.24) is 10.2 Å². The molecule has 2 amide bonds. The Morgan fingerprint density at radius 2 is 2.08 bits per heavy atom. The summed E-state index contributed by atoms with van der Waals surface area (Å²) in [6.45, 7) is -1.69. The molecule has 6 nitrogen and oxygen atoms in total. The number of ether oxygens (including phenoxy) is 1. The van der Waals surface area contributed by atoms with Crippen molar-refractivity contribution in [2.75, 3.05) is 19.6 Å². The van der Waals surface area contributed by atoms with Crippen LogP contribution in [0, 0.1) is 0 Å². The van der Waals surface area contributed by atoms with E-state index >= 15 is 0 Å². The number of hydrogen-bond donors (Lipinski definition) is 2. The summed E-state index contributed by atoms with van der Waals surface area (Å²) in [5, 5.41) is 2.80. The first kappa shape index (κ1) is 20.1. The maximum atomic E-state index is 12.7. The molecular formula is C18H25F2N3O3. The molecule has 144 valence electrons. The molecule has 1 aliphatic heterocycles. The normalized spacial score (nSPS) is 17.2. The number of nitrogens with one attached hydrogen (secondary N) is 1. The number of para-hydroxylation sites is 1. The van der Waals surface area contributed by atoms with E-state index in [1.54, 1.807) is 23.1 Å². The van der Waals surface area contributed by atoms with Crippen molar-refractivity contribution in [1.29, 1.82) is 0 Å². The van der Waals surface area contributed by atoms with Gasteiger partial charge in [-0.25, -0.2) is 0 Å².